The zero-order chi connectivity index (χ0) is 13.2. The van der Waals surface area contributed by atoms with Crippen molar-refractivity contribution in [2.24, 2.45) is 0 Å². The highest BCUT2D eigenvalue weighted by Crippen LogP contribution is 2.27. The van der Waals surface area contributed by atoms with Crippen molar-refractivity contribution in [2.75, 3.05) is 12.8 Å². The van der Waals surface area contributed by atoms with E-state index in [1.165, 1.54) is 18.4 Å². The Hall–Kier alpha value is -0.920. The van der Waals surface area contributed by atoms with Crippen molar-refractivity contribution >= 4 is 27.3 Å². The summed E-state index contributed by atoms with van der Waals surface area (Å²) in [5, 5.41) is 8.55. The summed E-state index contributed by atoms with van der Waals surface area (Å²) in [6.07, 6.45) is 0. The molecule has 0 aromatic carbocycles. The summed E-state index contributed by atoms with van der Waals surface area (Å²) in [5.74, 6) is -2.22. The van der Waals surface area contributed by atoms with Gasteiger partial charge in [0.25, 0.3) is 0 Å². The van der Waals surface area contributed by atoms with Crippen LogP contribution < -0.4 is 0 Å². The maximum atomic E-state index is 11.7. The van der Waals surface area contributed by atoms with Gasteiger partial charge < -0.3 is 5.11 Å². The quantitative estimate of drug-likeness (QED) is 0.884. The van der Waals surface area contributed by atoms with Crippen LogP contribution in [-0.2, 0) is 14.8 Å². The topological polar surface area (TPSA) is 74.7 Å². The summed E-state index contributed by atoms with van der Waals surface area (Å²) in [6.45, 7) is 3.68. The molecule has 0 amide bonds. The predicted molar refractivity (Wildman–Crippen MR) is 66.7 cm³/mol. The van der Waals surface area contributed by atoms with Crippen LogP contribution >= 0.6 is 11.3 Å². The van der Waals surface area contributed by atoms with Gasteiger partial charge in [-0.25, -0.2) is 8.42 Å². The number of carbonyl (C=O) groups is 1. The van der Waals surface area contributed by atoms with Crippen LogP contribution in [0.25, 0.3) is 0 Å². The van der Waals surface area contributed by atoms with E-state index in [1.54, 1.807) is 6.92 Å². The summed E-state index contributed by atoms with van der Waals surface area (Å²) in [6, 6.07) is 3.42. The standard InChI is InChI=1S/C10H15NO4S2/c1-7-4-5-9(16-7)8(2)11(3)17(14,15)6-10(12)13/h4-5,8H,6H2,1-3H3,(H,12,13). The van der Waals surface area contributed by atoms with Crippen LogP contribution in [0.3, 0.4) is 0 Å². The number of rotatable bonds is 5. The highest BCUT2D eigenvalue weighted by Gasteiger charge is 2.27. The average molecular weight is 277 g/mol. The fourth-order valence-corrected chi connectivity index (χ4v) is 3.51. The molecule has 0 aliphatic rings. The molecule has 0 saturated carbocycles. The molecule has 17 heavy (non-hydrogen) atoms. The van der Waals surface area contributed by atoms with Gasteiger partial charge in [0, 0.05) is 16.8 Å². The predicted octanol–water partition coefficient (Wildman–Crippen LogP) is 1.46. The fourth-order valence-electron chi connectivity index (χ4n) is 1.36. The van der Waals surface area contributed by atoms with Crippen LogP contribution in [0.1, 0.15) is 22.7 Å². The number of carboxylic acids is 1. The second-order valence-corrected chi connectivity index (χ2v) is 7.14. The van der Waals surface area contributed by atoms with Gasteiger partial charge in [0.2, 0.25) is 10.0 Å². The largest absolute Gasteiger partial charge is 0.480 e. The van der Waals surface area contributed by atoms with Crippen molar-refractivity contribution in [3.8, 4) is 0 Å². The number of thiophene rings is 1. The van der Waals surface area contributed by atoms with E-state index in [4.69, 9.17) is 5.11 Å². The van der Waals surface area contributed by atoms with Gasteiger partial charge in [-0.1, -0.05) is 0 Å². The summed E-state index contributed by atoms with van der Waals surface area (Å²) in [7, 11) is -2.36. The van der Waals surface area contributed by atoms with Gasteiger partial charge in [0.15, 0.2) is 5.75 Å². The normalized spacial score (nSPS) is 13.9. The SMILES string of the molecule is Cc1ccc(C(C)N(C)S(=O)(=O)CC(=O)O)s1. The van der Waals surface area contributed by atoms with E-state index in [1.807, 2.05) is 19.1 Å². The molecule has 1 rings (SSSR count). The summed E-state index contributed by atoms with van der Waals surface area (Å²) in [5.41, 5.74) is 0. The van der Waals surface area contributed by atoms with E-state index < -0.39 is 21.7 Å². The molecular weight excluding hydrogens is 262 g/mol. The number of hydrogen-bond donors (Lipinski definition) is 1. The smallest absolute Gasteiger partial charge is 0.320 e. The molecule has 1 aromatic rings. The number of nitrogens with zero attached hydrogens (tertiary/aromatic N) is 1. The van der Waals surface area contributed by atoms with Gasteiger partial charge in [-0.05, 0) is 26.0 Å². The Balaban J connectivity index is 2.90. The second kappa shape index (κ2) is 5.16. The zero-order valence-electron chi connectivity index (χ0n) is 9.87. The van der Waals surface area contributed by atoms with Crippen LogP contribution in [-0.4, -0.2) is 36.6 Å². The first-order valence-corrected chi connectivity index (χ1v) is 7.40. The fraction of sp³-hybridized carbons (Fsp3) is 0.500. The van der Waals surface area contributed by atoms with Crippen LogP contribution in [0.4, 0.5) is 0 Å². The Kier molecular flexibility index (Phi) is 4.29. The van der Waals surface area contributed by atoms with E-state index in [0.717, 1.165) is 14.1 Å². The third kappa shape index (κ3) is 3.52. The van der Waals surface area contributed by atoms with E-state index in [2.05, 4.69) is 0 Å². The molecular formula is C10H15NO4S2. The first-order chi connectivity index (χ1) is 7.74. The van der Waals surface area contributed by atoms with Gasteiger partial charge >= 0.3 is 5.97 Å². The highest BCUT2D eigenvalue weighted by atomic mass is 32.2. The molecule has 1 heterocycles. The Labute approximate surface area is 105 Å². The lowest BCUT2D eigenvalue weighted by Crippen LogP contribution is -2.33. The van der Waals surface area contributed by atoms with Crippen molar-refractivity contribution in [1.82, 2.24) is 4.31 Å². The molecule has 0 bridgehead atoms. The van der Waals surface area contributed by atoms with Crippen LogP contribution in [0.2, 0.25) is 0 Å². The lowest BCUT2D eigenvalue weighted by Gasteiger charge is -2.22. The first kappa shape index (κ1) is 14.1. The molecule has 1 unspecified atom stereocenters. The summed E-state index contributed by atoms with van der Waals surface area (Å²) in [4.78, 5) is 12.5. The van der Waals surface area contributed by atoms with Crippen molar-refractivity contribution in [3.05, 3.63) is 21.9 Å². The van der Waals surface area contributed by atoms with E-state index >= 15 is 0 Å². The molecule has 0 saturated heterocycles. The van der Waals surface area contributed by atoms with Crippen LogP contribution in [0, 0.1) is 6.92 Å². The molecule has 1 aromatic heterocycles. The van der Waals surface area contributed by atoms with Crippen LogP contribution in [0.5, 0.6) is 0 Å². The molecule has 1 N–H and O–H groups in total. The molecule has 0 radical (unpaired) electrons. The number of hydrogen-bond acceptors (Lipinski definition) is 4. The van der Waals surface area contributed by atoms with Crippen molar-refractivity contribution in [1.29, 1.82) is 0 Å². The van der Waals surface area contributed by atoms with Crippen LogP contribution in [0.15, 0.2) is 12.1 Å². The molecule has 96 valence electrons. The summed E-state index contributed by atoms with van der Waals surface area (Å²) >= 11 is 1.51. The maximum absolute atomic E-state index is 11.7. The van der Waals surface area contributed by atoms with Gasteiger partial charge in [-0.3, -0.25) is 4.79 Å². The second-order valence-electron chi connectivity index (χ2n) is 3.79. The van der Waals surface area contributed by atoms with Gasteiger partial charge in [-0.2, -0.15) is 4.31 Å². The monoisotopic (exact) mass is 277 g/mol. The first-order valence-electron chi connectivity index (χ1n) is 4.98. The molecule has 0 aliphatic heterocycles. The molecule has 1 atom stereocenters. The van der Waals surface area contributed by atoms with Gasteiger partial charge in [-0.15, -0.1) is 11.3 Å². The number of aliphatic carboxylic acids is 1. The van der Waals surface area contributed by atoms with E-state index in [-0.39, 0.29) is 6.04 Å². The van der Waals surface area contributed by atoms with Crippen molar-refractivity contribution < 1.29 is 18.3 Å². The van der Waals surface area contributed by atoms with E-state index in [9.17, 15) is 13.2 Å². The zero-order valence-corrected chi connectivity index (χ0v) is 11.5. The van der Waals surface area contributed by atoms with Gasteiger partial charge in [0.05, 0.1) is 6.04 Å². The average Bonchev–Trinajstić information content (AvgIpc) is 2.60. The molecule has 0 fully saturated rings. The van der Waals surface area contributed by atoms with Crippen molar-refractivity contribution in [2.45, 2.75) is 19.9 Å². The lowest BCUT2D eigenvalue weighted by atomic mass is 10.3. The third-order valence-corrected chi connectivity index (χ3v) is 5.44. The molecule has 5 nitrogen and oxygen atoms in total. The third-order valence-electron chi connectivity index (χ3n) is 2.46. The Morgan fingerprint density at radius 2 is 2.12 bits per heavy atom. The Morgan fingerprint density at radius 1 is 1.53 bits per heavy atom. The number of carboxylic acid groups (broad SMARTS) is 1. The summed E-state index contributed by atoms with van der Waals surface area (Å²) < 4.78 is 24.5. The minimum atomic E-state index is -3.76. The van der Waals surface area contributed by atoms with E-state index in [0.29, 0.717) is 0 Å². The maximum Gasteiger partial charge on any atom is 0.320 e. The molecule has 0 aliphatic carbocycles. The minimum absolute atomic E-state index is 0.349. The molecule has 7 heteroatoms. The Morgan fingerprint density at radius 3 is 2.53 bits per heavy atom. The van der Waals surface area contributed by atoms with Crippen molar-refractivity contribution in [3.63, 3.8) is 0 Å². The Bertz CT molecular complexity index is 506. The molecule has 0 spiro atoms. The number of sulfonamides is 1. The minimum Gasteiger partial charge on any atom is -0.480 e. The highest BCUT2D eigenvalue weighted by molar-refractivity contribution is 7.89. The van der Waals surface area contributed by atoms with Gasteiger partial charge in [0.1, 0.15) is 0 Å². The number of aryl methyl sites for hydroxylation is 1. The lowest BCUT2D eigenvalue weighted by molar-refractivity contribution is -0.134.